The molecule has 1 saturated heterocycles. The van der Waals surface area contributed by atoms with E-state index in [2.05, 4.69) is 42.9 Å². The Morgan fingerprint density at radius 3 is 2.38 bits per heavy atom. The highest BCUT2D eigenvalue weighted by Gasteiger charge is 2.53. The second-order valence-corrected chi connectivity index (χ2v) is 8.15. The molecular formula is C20H31FN4O. The van der Waals surface area contributed by atoms with E-state index in [1.165, 1.54) is 12.1 Å². The maximum absolute atomic E-state index is 13.1. The minimum absolute atomic E-state index is 0.0207. The van der Waals surface area contributed by atoms with Gasteiger partial charge in [0, 0.05) is 24.0 Å². The standard InChI is InChI=1S/C20H31FN4O/c1-6-23-18(25-13-19(2,3)20(25,4)5)24-12-15(17(22)26)11-14-7-9-16(21)10-8-14/h7-10,15H,6,11-13H2,1-5H3,(H2,22,26)(H,23,24). The zero-order valence-electron chi connectivity index (χ0n) is 16.5. The number of hydrogen-bond acceptors (Lipinski definition) is 2. The van der Waals surface area contributed by atoms with E-state index in [9.17, 15) is 9.18 Å². The molecule has 0 bridgehead atoms. The van der Waals surface area contributed by atoms with Gasteiger partial charge < -0.3 is 16.0 Å². The third kappa shape index (κ3) is 4.17. The first-order valence-electron chi connectivity index (χ1n) is 9.18. The molecule has 6 heteroatoms. The third-order valence-electron chi connectivity index (χ3n) is 5.73. The number of nitrogens with two attached hydrogens (primary N) is 1. The monoisotopic (exact) mass is 362 g/mol. The summed E-state index contributed by atoms with van der Waals surface area (Å²) in [5.41, 5.74) is 6.63. The molecular weight excluding hydrogens is 331 g/mol. The van der Waals surface area contributed by atoms with Crippen LogP contribution < -0.4 is 11.1 Å². The van der Waals surface area contributed by atoms with Gasteiger partial charge in [-0.3, -0.25) is 9.79 Å². The van der Waals surface area contributed by atoms with Gasteiger partial charge in [0.25, 0.3) is 0 Å². The summed E-state index contributed by atoms with van der Waals surface area (Å²) < 4.78 is 13.1. The van der Waals surface area contributed by atoms with E-state index < -0.39 is 11.8 Å². The lowest BCUT2D eigenvalue weighted by Crippen LogP contribution is -2.72. The molecule has 5 nitrogen and oxygen atoms in total. The van der Waals surface area contributed by atoms with Crippen molar-refractivity contribution in [3.63, 3.8) is 0 Å². The average molecular weight is 362 g/mol. The molecule has 0 saturated carbocycles. The summed E-state index contributed by atoms with van der Waals surface area (Å²) >= 11 is 0. The Hall–Kier alpha value is -2.11. The number of benzene rings is 1. The van der Waals surface area contributed by atoms with Crippen molar-refractivity contribution in [2.45, 2.75) is 46.6 Å². The first-order valence-corrected chi connectivity index (χ1v) is 9.18. The van der Waals surface area contributed by atoms with Gasteiger partial charge in [-0.25, -0.2) is 4.39 Å². The van der Waals surface area contributed by atoms with Crippen molar-refractivity contribution in [1.29, 1.82) is 0 Å². The van der Waals surface area contributed by atoms with Crippen LogP contribution in [0.15, 0.2) is 29.3 Å². The van der Waals surface area contributed by atoms with Gasteiger partial charge in [-0.05, 0) is 44.9 Å². The fraction of sp³-hybridized carbons (Fsp3) is 0.600. The highest BCUT2D eigenvalue weighted by molar-refractivity contribution is 5.83. The zero-order chi connectivity index (χ0) is 19.5. The van der Waals surface area contributed by atoms with Gasteiger partial charge >= 0.3 is 0 Å². The van der Waals surface area contributed by atoms with E-state index in [0.717, 1.165) is 24.6 Å². The van der Waals surface area contributed by atoms with Gasteiger partial charge in [0.1, 0.15) is 5.82 Å². The number of nitrogens with zero attached hydrogens (tertiary/aromatic N) is 2. The first-order chi connectivity index (χ1) is 12.1. The molecule has 1 fully saturated rings. The van der Waals surface area contributed by atoms with Crippen LogP contribution in [0.2, 0.25) is 0 Å². The van der Waals surface area contributed by atoms with E-state index >= 15 is 0 Å². The first kappa shape index (κ1) is 20.2. The molecule has 1 amide bonds. The van der Waals surface area contributed by atoms with E-state index in [0.29, 0.717) is 13.0 Å². The minimum atomic E-state index is -0.425. The predicted octanol–water partition coefficient (Wildman–Crippen LogP) is 2.56. The maximum Gasteiger partial charge on any atom is 0.222 e. The van der Waals surface area contributed by atoms with Gasteiger partial charge in [-0.1, -0.05) is 26.0 Å². The van der Waals surface area contributed by atoms with Crippen LogP contribution in [0.25, 0.3) is 0 Å². The second kappa shape index (κ2) is 7.64. The number of hydrogen-bond donors (Lipinski definition) is 2. The van der Waals surface area contributed by atoms with Gasteiger partial charge in [0.15, 0.2) is 5.96 Å². The summed E-state index contributed by atoms with van der Waals surface area (Å²) in [5, 5.41) is 3.32. The number of carbonyl (C=O) groups is 1. The van der Waals surface area contributed by atoms with Crippen molar-refractivity contribution in [2.75, 3.05) is 19.6 Å². The van der Waals surface area contributed by atoms with Crippen LogP contribution in [0.3, 0.4) is 0 Å². The van der Waals surface area contributed by atoms with Crippen molar-refractivity contribution in [1.82, 2.24) is 10.2 Å². The molecule has 2 rings (SSSR count). The van der Waals surface area contributed by atoms with Crippen LogP contribution in [-0.4, -0.2) is 41.9 Å². The largest absolute Gasteiger partial charge is 0.369 e. The van der Waals surface area contributed by atoms with E-state index in [-0.39, 0.29) is 16.8 Å². The molecule has 1 aromatic rings. The number of aliphatic imine (C=N–C) groups is 1. The fourth-order valence-corrected chi connectivity index (χ4v) is 3.15. The Bertz CT molecular complexity index is 667. The van der Waals surface area contributed by atoms with Gasteiger partial charge in [0.2, 0.25) is 5.91 Å². The fourth-order valence-electron chi connectivity index (χ4n) is 3.15. The summed E-state index contributed by atoms with van der Waals surface area (Å²) in [7, 11) is 0. The normalized spacial score (nSPS) is 19.6. The predicted molar refractivity (Wildman–Crippen MR) is 103 cm³/mol. The Balaban J connectivity index is 2.12. The Labute approximate surface area is 155 Å². The van der Waals surface area contributed by atoms with Crippen molar-refractivity contribution < 1.29 is 9.18 Å². The molecule has 1 atom stereocenters. The number of carbonyl (C=O) groups excluding carboxylic acids is 1. The van der Waals surface area contributed by atoms with E-state index in [1.54, 1.807) is 12.1 Å². The quantitative estimate of drug-likeness (QED) is 0.603. The molecule has 3 N–H and O–H groups in total. The van der Waals surface area contributed by atoms with Gasteiger partial charge in [-0.2, -0.15) is 0 Å². The summed E-state index contributed by atoms with van der Waals surface area (Å²) in [6, 6.07) is 6.15. The second-order valence-electron chi connectivity index (χ2n) is 8.15. The molecule has 1 unspecified atom stereocenters. The van der Waals surface area contributed by atoms with Crippen LogP contribution >= 0.6 is 0 Å². The molecule has 1 heterocycles. The summed E-state index contributed by atoms with van der Waals surface area (Å²) in [6.45, 7) is 12.9. The molecule has 144 valence electrons. The molecule has 1 aliphatic heterocycles. The maximum atomic E-state index is 13.1. The van der Waals surface area contributed by atoms with Crippen LogP contribution in [0, 0.1) is 17.2 Å². The lowest BCUT2D eigenvalue weighted by molar-refractivity contribution is -0.121. The summed E-state index contributed by atoms with van der Waals surface area (Å²) in [4.78, 5) is 18.8. The van der Waals surface area contributed by atoms with Crippen molar-refractivity contribution >= 4 is 11.9 Å². The molecule has 1 aromatic carbocycles. The Morgan fingerprint density at radius 2 is 1.92 bits per heavy atom. The van der Waals surface area contributed by atoms with Crippen LogP contribution in [-0.2, 0) is 11.2 Å². The van der Waals surface area contributed by atoms with Crippen molar-refractivity contribution in [3.05, 3.63) is 35.6 Å². The number of rotatable bonds is 6. The molecule has 0 radical (unpaired) electrons. The summed E-state index contributed by atoms with van der Waals surface area (Å²) in [6.07, 6.45) is 0.452. The van der Waals surface area contributed by atoms with Crippen LogP contribution in [0.4, 0.5) is 4.39 Å². The number of nitrogens with one attached hydrogen (secondary N) is 1. The Morgan fingerprint density at radius 1 is 1.31 bits per heavy atom. The molecule has 0 aromatic heterocycles. The zero-order valence-corrected chi connectivity index (χ0v) is 16.5. The van der Waals surface area contributed by atoms with E-state index in [4.69, 9.17) is 5.73 Å². The minimum Gasteiger partial charge on any atom is -0.369 e. The third-order valence-corrected chi connectivity index (χ3v) is 5.73. The number of primary amides is 1. The smallest absolute Gasteiger partial charge is 0.222 e. The number of likely N-dealkylation sites (tertiary alicyclic amines) is 1. The SMILES string of the molecule is CCNC(=NCC(Cc1ccc(F)cc1)C(N)=O)N1CC(C)(C)C1(C)C. The molecule has 0 spiro atoms. The molecule has 0 aliphatic carbocycles. The highest BCUT2D eigenvalue weighted by Crippen LogP contribution is 2.46. The summed E-state index contributed by atoms with van der Waals surface area (Å²) in [5.74, 6) is -0.301. The van der Waals surface area contributed by atoms with Gasteiger partial charge in [-0.15, -0.1) is 0 Å². The molecule has 26 heavy (non-hydrogen) atoms. The number of halogens is 1. The molecule has 1 aliphatic rings. The van der Waals surface area contributed by atoms with Crippen LogP contribution in [0.1, 0.15) is 40.2 Å². The van der Waals surface area contributed by atoms with E-state index in [1.807, 2.05) is 6.92 Å². The van der Waals surface area contributed by atoms with Crippen LogP contribution in [0.5, 0.6) is 0 Å². The highest BCUT2D eigenvalue weighted by atomic mass is 19.1. The van der Waals surface area contributed by atoms with Gasteiger partial charge in [0.05, 0.1) is 12.5 Å². The lowest BCUT2D eigenvalue weighted by atomic mass is 9.65. The van der Waals surface area contributed by atoms with Crippen molar-refractivity contribution in [3.8, 4) is 0 Å². The topological polar surface area (TPSA) is 70.7 Å². The average Bonchev–Trinajstić information content (AvgIpc) is 2.57. The Kier molecular flexibility index (Phi) is 5.94. The number of amides is 1. The number of guanidine groups is 1. The van der Waals surface area contributed by atoms with Crippen molar-refractivity contribution in [2.24, 2.45) is 22.1 Å². The lowest BCUT2D eigenvalue weighted by Gasteiger charge is -2.62.